The molecular formula is C69H90N6O14V2-2. The number of fused-ring (bicyclic) bond motifs is 10. The minimum absolute atomic E-state index is 0. The fraction of sp³-hybridized carbons (Fsp3) is 0.681. The predicted octanol–water partition coefficient (Wildman–Crippen LogP) is 9.59. The Balaban J connectivity index is 0.000000211. The van der Waals surface area contributed by atoms with Crippen LogP contribution in [0, 0.1) is 46.3 Å². The topological polar surface area (TPSA) is 234 Å². The Labute approximate surface area is 558 Å². The summed E-state index contributed by atoms with van der Waals surface area (Å²) in [7, 11) is 3.23. The standard InChI is InChI=1S/C35H46N3O7.C34H44N3O7.2V/c1-5-24-29(21-39)38-20-30(24)44-32-27(36-26-12-11-23(42-4)17-28(26)37-32)10-8-6-7-9-22-19-35(22,3)45-31(40)18-25(33(38)41)34(2)13-15-43-16-14-34;1-4-23-28(20-38)37-19-30(23)44-32-26(35-25-11-10-22(41-3)17-27(25)36-32)9-7-5-6-8-21-16-29(21)43-31(39)18-24(33(37)40)34(2)12-14-42-15-13-34;;/h11-12,17,22,24-25,29-30H,5-10,13-16,18-20H2,1-4H3;10-11,17,21,23-24,28-30H,4-9,12-16,18-19H2,1-3H3;;/q2*-1;;/t22-,24+,25-,29-,30+,35-;21-,23+,24-,28-,29-,30+;;/m11../s1. The molecule has 492 valence electrons. The number of esters is 2. The molecule has 2 radical (unpaired) electrons. The van der Waals surface area contributed by atoms with Crippen molar-refractivity contribution in [1.29, 1.82) is 0 Å². The van der Waals surface area contributed by atoms with Gasteiger partial charge in [0.05, 0.1) is 74.1 Å². The van der Waals surface area contributed by atoms with E-state index in [0.29, 0.717) is 124 Å². The molecule has 0 N–H and O–H groups in total. The maximum Gasteiger partial charge on any atom is 0.307 e. The predicted molar refractivity (Wildman–Crippen MR) is 328 cm³/mol. The zero-order valence-electron chi connectivity index (χ0n) is 54.0. The van der Waals surface area contributed by atoms with Gasteiger partial charge in [0.15, 0.2) is 0 Å². The second-order valence-corrected chi connectivity index (χ2v) is 27.2. The number of carbonyl (C=O) groups is 4. The molecule has 6 fully saturated rings. The third-order valence-corrected chi connectivity index (χ3v) is 21.4. The molecule has 20 nitrogen and oxygen atoms in total. The summed E-state index contributed by atoms with van der Waals surface area (Å²) in [5.74, 6) is -0.0397. The number of rotatable bonds is 8. The normalized spacial score (nSPS) is 31.0. The number of methoxy groups -OCH3 is 2. The van der Waals surface area contributed by atoms with Crippen molar-refractivity contribution in [1.82, 2.24) is 29.7 Å². The molecule has 2 amide bonds. The van der Waals surface area contributed by atoms with Gasteiger partial charge in [0.2, 0.25) is 23.6 Å². The van der Waals surface area contributed by atoms with Crippen LogP contribution in [0.1, 0.15) is 162 Å². The first-order chi connectivity index (χ1) is 43.0. The third kappa shape index (κ3) is 15.6. The average Bonchev–Trinajstić information content (AvgIpc) is 1.71. The van der Waals surface area contributed by atoms with Crippen molar-refractivity contribution in [2.45, 2.75) is 199 Å². The molecule has 2 aromatic heterocycles. The molecule has 8 aliphatic rings. The van der Waals surface area contributed by atoms with Crippen LogP contribution in [0.3, 0.4) is 0 Å². The van der Waals surface area contributed by atoms with Crippen LogP contribution in [0.25, 0.3) is 22.1 Å². The summed E-state index contributed by atoms with van der Waals surface area (Å²) < 4.78 is 47.4. The van der Waals surface area contributed by atoms with Gasteiger partial charge in [-0.2, -0.15) is 0 Å². The van der Waals surface area contributed by atoms with Crippen LogP contribution in [-0.2, 0) is 97.7 Å². The smallest absolute Gasteiger partial charge is 0.307 e. The molecule has 12 rings (SSSR count). The first kappa shape index (κ1) is 70.0. The molecule has 0 spiro atoms. The Morgan fingerprint density at radius 3 is 1.48 bits per heavy atom. The molecule has 4 bridgehead atoms. The maximum atomic E-state index is 14.5. The van der Waals surface area contributed by atoms with E-state index in [4.69, 9.17) is 57.8 Å². The van der Waals surface area contributed by atoms with Gasteiger partial charge in [-0.05, 0) is 137 Å². The van der Waals surface area contributed by atoms with E-state index >= 15 is 0 Å². The van der Waals surface area contributed by atoms with Gasteiger partial charge >= 0.3 is 11.9 Å². The van der Waals surface area contributed by atoms with Crippen molar-refractivity contribution < 1.29 is 104 Å². The third-order valence-electron chi connectivity index (χ3n) is 21.4. The van der Waals surface area contributed by atoms with Gasteiger partial charge in [-0.3, -0.25) is 19.2 Å². The summed E-state index contributed by atoms with van der Waals surface area (Å²) in [6, 6.07) is 9.65. The number of ether oxygens (including phenoxy) is 8. The SMILES string of the molecule is CC[C@@H]1[C@@H]2CN(C(=O)[C@H](C3(C)CCOCC3)CC(=O)O[C@@H]3C[C@H]3CCCCCc3nc4ccc(OC)cc4nc3O2)[C@@H]1[C-]=O.CC[C@@H]1[C@@H]2CN(C(=O)[C@H](C3(C)CCOCC3)CC(=O)O[C@]3(C)C[C@H]3CCCCCc3nc4ccc(OC)cc4nc3O2)[C@@H]1[C-]=O.[V].[V]. The zero-order valence-corrected chi connectivity index (χ0v) is 56.8. The van der Waals surface area contributed by atoms with Crippen LogP contribution in [-0.4, -0.2) is 156 Å². The Kier molecular flexibility index (Phi) is 23.3. The number of aromatic nitrogens is 4. The first-order valence-corrected chi connectivity index (χ1v) is 33.0. The van der Waals surface area contributed by atoms with Crippen molar-refractivity contribution in [3.05, 3.63) is 47.8 Å². The Hall–Kier alpha value is -5.37. The van der Waals surface area contributed by atoms with E-state index in [1.54, 1.807) is 24.0 Å². The van der Waals surface area contributed by atoms with Gasteiger partial charge in [0, 0.05) is 81.6 Å². The molecule has 8 heterocycles. The van der Waals surface area contributed by atoms with Crippen LogP contribution < -0.4 is 18.9 Å². The minimum atomic E-state index is -0.793. The van der Waals surface area contributed by atoms with Crippen molar-refractivity contribution >= 4 is 58.4 Å². The van der Waals surface area contributed by atoms with Crippen molar-refractivity contribution in [2.24, 2.45) is 46.3 Å². The summed E-state index contributed by atoms with van der Waals surface area (Å²) in [5.41, 5.74) is 2.99. The number of benzene rings is 2. The van der Waals surface area contributed by atoms with Gasteiger partial charge in [-0.1, -0.05) is 78.3 Å². The quantitative estimate of drug-likeness (QED) is 0.118. The van der Waals surface area contributed by atoms with Crippen LogP contribution in [0.4, 0.5) is 0 Å². The van der Waals surface area contributed by atoms with E-state index < -0.39 is 52.6 Å². The van der Waals surface area contributed by atoms with E-state index in [1.807, 2.05) is 57.2 Å². The molecule has 2 saturated carbocycles. The first-order valence-electron chi connectivity index (χ1n) is 33.0. The molecule has 22 heteroatoms. The van der Waals surface area contributed by atoms with Crippen LogP contribution >= 0.6 is 0 Å². The van der Waals surface area contributed by atoms with E-state index in [9.17, 15) is 28.8 Å². The molecule has 6 aliphatic heterocycles. The van der Waals surface area contributed by atoms with Crippen LogP contribution in [0.15, 0.2) is 36.4 Å². The van der Waals surface area contributed by atoms with Gasteiger partial charge < -0.3 is 57.3 Å². The van der Waals surface area contributed by atoms with E-state index in [0.717, 1.165) is 86.6 Å². The molecule has 12 atom stereocenters. The zero-order chi connectivity index (χ0) is 62.6. The summed E-state index contributed by atoms with van der Waals surface area (Å²) in [4.78, 5) is 104. The number of nitrogens with zero attached hydrogens (tertiary/aromatic N) is 6. The van der Waals surface area contributed by atoms with Gasteiger partial charge in [0.25, 0.3) is 0 Å². The molecular weight excluding hydrogens is 1240 g/mol. The Morgan fingerprint density at radius 2 is 1.03 bits per heavy atom. The fourth-order valence-electron chi connectivity index (χ4n) is 15.2. The van der Waals surface area contributed by atoms with E-state index in [1.165, 1.54) is 0 Å². The Bertz CT molecular complexity index is 3240. The number of amides is 2. The van der Waals surface area contributed by atoms with Gasteiger partial charge in [-0.25, -0.2) is 32.5 Å². The van der Waals surface area contributed by atoms with E-state index in [-0.39, 0.29) is 105 Å². The van der Waals surface area contributed by atoms with Crippen molar-refractivity contribution in [3.63, 3.8) is 0 Å². The minimum Gasteiger partial charge on any atom is -0.540 e. The summed E-state index contributed by atoms with van der Waals surface area (Å²) in [6.45, 7) is 12.6. The number of aryl methyl sites for hydroxylation is 2. The van der Waals surface area contributed by atoms with Crippen molar-refractivity contribution in [3.8, 4) is 23.3 Å². The summed E-state index contributed by atoms with van der Waals surface area (Å²) >= 11 is 0. The fourth-order valence-corrected chi connectivity index (χ4v) is 15.2. The van der Waals surface area contributed by atoms with Crippen molar-refractivity contribution in [2.75, 3.05) is 53.7 Å². The maximum absolute atomic E-state index is 14.5. The number of carbonyl (C=O) groups excluding carboxylic acids is 6. The van der Waals surface area contributed by atoms with E-state index in [2.05, 4.69) is 26.4 Å². The summed E-state index contributed by atoms with van der Waals surface area (Å²) in [6.07, 6.45) is 18.1. The molecule has 2 aromatic carbocycles. The van der Waals surface area contributed by atoms with Gasteiger partial charge in [-0.15, -0.1) is 0 Å². The number of hydrogen-bond donors (Lipinski definition) is 0. The Morgan fingerprint density at radius 1 is 0.571 bits per heavy atom. The van der Waals surface area contributed by atoms with Gasteiger partial charge in [0.1, 0.15) is 46.8 Å². The summed E-state index contributed by atoms with van der Waals surface area (Å²) in [5, 5.41) is 0. The molecule has 0 unspecified atom stereocenters. The second kappa shape index (κ2) is 30.4. The molecule has 4 saturated heterocycles. The van der Waals surface area contributed by atoms with Crippen LogP contribution in [0.5, 0.6) is 23.3 Å². The monoisotopic (exact) mass is 1330 g/mol. The van der Waals surface area contributed by atoms with Crippen LogP contribution in [0.2, 0.25) is 0 Å². The molecule has 91 heavy (non-hydrogen) atoms. The largest absolute Gasteiger partial charge is 0.540 e. The number of hydrogen-bond acceptors (Lipinski definition) is 18. The molecule has 4 aromatic rings. The second-order valence-electron chi connectivity index (χ2n) is 27.2. The molecule has 2 aliphatic carbocycles. The average molecular weight is 1330 g/mol.